The number of nitrogens with zero attached hydrogens (tertiary/aromatic N) is 6. The number of benzene rings is 2. The molecule has 0 fully saturated rings. The zero-order chi connectivity index (χ0) is 24.4. The molecular weight excluding hydrogens is 459 g/mol. The van der Waals surface area contributed by atoms with Crippen LogP contribution < -0.4 is 14.2 Å². The lowest BCUT2D eigenvalue weighted by Crippen LogP contribution is -2.38. The van der Waals surface area contributed by atoms with E-state index < -0.39 is 17.2 Å². The molecule has 0 bridgehead atoms. The summed E-state index contributed by atoms with van der Waals surface area (Å²) >= 11 is 0. The van der Waals surface area contributed by atoms with Gasteiger partial charge in [0.25, 0.3) is 0 Å². The first kappa shape index (κ1) is 22.3. The lowest BCUT2D eigenvalue weighted by atomic mass is 10.1. The maximum Gasteiger partial charge on any atom is 0.415 e. The van der Waals surface area contributed by atoms with Crippen LogP contribution in [0, 0.1) is 10.1 Å². The topological polar surface area (TPSA) is 119 Å². The summed E-state index contributed by atoms with van der Waals surface area (Å²) in [6, 6.07) is 14.3. The number of aromatic nitrogens is 5. The number of fused-ring (bicyclic) bond motifs is 1. The minimum absolute atomic E-state index is 0.201. The number of ether oxygens (including phenoxy) is 3. The zero-order valence-corrected chi connectivity index (χ0v) is 18.7. The molecule has 35 heavy (non-hydrogen) atoms. The largest absolute Gasteiger partial charge is 0.489 e. The molecule has 0 unspecified atom stereocenters. The molecule has 1 aliphatic rings. The first-order valence-electron chi connectivity index (χ1n) is 10.7. The van der Waals surface area contributed by atoms with Crippen molar-refractivity contribution in [2.45, 2.75) is 32.4 Å². The van der Waals surface area contributed by atoms with Gasteiger partial charge in [0.15, 0.2) is 5.60 Å². The third-order valence-electron chi connectivity index (χ3n) is 5.39. The highest BCUT2D eigenvalue weighted by Crippen LogP contribution is 2.31. The summed E-state index contributed by atoms with van der Waals surface area (Å²) in [6.45, 7) is 2.15. The van der Waals surface area contributed by atoms with Crippen LogP contribution in [0.2, 0.25) is 0 Å². The lowest BCUT2D eigenvalue weighted by molar-refractivity contribution is -0.389. The van der Waals surface area contributed by atoms with Crippen molar-refractivity contribution < 1.29 is 23.5 Å². The van der Waals surface area contributed by atoms with Gasteiger partial charge in [-0.25, -0.2) is 9.07 Å². The van der Waals surface area contributed by atoms with Crippen LogP contribution in [-0.2, 0) is 19.8 Å². The van der Waals surface area contributed by atoms with E-state index in [-0.39, 0.29) is 25.0 Å². The maximum atomic E-state index is 12.6. The number of imidazole rings is 1. The van der Waals surface area contributed by atoms with Gasteiger partial charge in [0.1, 0.15) is 43.3 Å². The number of hydrogen-bond donors (Lipinski definition) is 0. The van der Waals surface area contributed by atoms with Crippen molar-refractivity contribution in [3.63, 3.8) is 0 Å². The Balaban J connectivity index is 1.19. The van der Waals surface area contributed by atoms with Gasteiger partial charge in [-0.2, -0.15) is 0 Å². The van der Waals surface area contributed by atoms with Gasteiger partial charge in [-0.3, -0.25) is 4.57 Å². The first-order valence-corrected chi connectivity index (χ1v) is 10.7. The molecule has 11 nitrogen and oxygen atoms in total. The van der Waals surface area contributed by atoms with E-state index in [1.165, 1.54) is 6.20 Å². The smallest absolute Gasteiger partial charge is 0.415 e. The van der Waals surface area contributed by atoms with Crippen LogP contribution in [-0.4, -0.2) is 41.7 Å². The summed E-state index contributed by atoms with van der Waals surface area (Å²) in [5.74, 6) is 0.971. The van der Waals surface area contributed by atoms with E-state index in [0.717, 1.165) is 5.69 Å². The molecule has 12 heteroatoms. The van der Waals surface area contributed by atoms with Gasteiger partial charge < -0.3 is 24.3 Å². The molecule has 0 aliphatic carbocycles. The highest BCUT2D eigenvalue weighted by atomic mass is 19.1. The van der Waals surface area contributed by atoms with Crippen molar-refractivity contribution >= 4 is 5.82 Å². The van der Waals surface area contributed by atoms with Crippen molar-refractivity contribution in [1.82, 2.24) is 24.5 Å². The van der Waals surface area contributed by atoms with E-state index in [4.69, 9.17) is 14.2 Å². The van der Waals surface area contributed by atoms with Crippen LogP contribution in [0.25, 0.3) is 5.69 Å². The molecule has 4 aromatic rings. The molecule has 0 radical (unpaired) electrons. The Morgan fingerprint density at radius 3 is 2.74 bits per heavy atom. The molecule has 0 N–H and O–H groups in total. The second-order valence-electron chi connectivity index (χ2n) is 8.33. The fourth-order valence-corrected chi connectivity index (χ4v) is 3.63. The minimum Gasteiger partial charge on any atom is -0.489 e. The number of nitro groups is 1. The molecule has 0 amide bonds. The SMILES string of the molecule is C[C@]1(COc2cccc(-n3cc(COc4ccc(CF)cc4)nn3)c2)Cn2cc([N+](=O)[O-])nc2O1. The van der Waals surface area contributed by atoms with Crippen molar-refractivity contribution in [3.8, 4) is 23.2 Å². The second-order valence-corrected chi connectivity index (χ2v) is 8.33. The average molecular weight is 480 g/mol. The molecule has 1 aliphatic heterocycles. The Morgan fingerprint density at radius 1 is 1.17 bits per heavy atom. The normalized spacial score (nSPS) is 16.5. The van der Waals surface area contributed by atoms with Crippen LogP contribution >= 0.6 is 0 Å². The molecule has 0 saturated heterocycles. The monoisotopic (exact) mass is 480 g/mol. The van der Waals surface area contributed by atoms with E-state index in [0.29, 0.717) is 29.3 Å². The third kappa shape index (κ3) is 4.90. The molecule has 0 saturated carbocycles. The van der Waals surface area contributed by atoms with Crippen molar-refractivity contribution in [2.75, 3.05) is 6.61 Å². The number of halogens is 1. The predicted molar refractivity (Wildman–Crippen MR) is 120 cm³/mol. The molecule has 0 spiro atoms. The lowest BCUT2D eigenvalue weighted by Gasteiger charge is -2.22. The van der Waals surface area contributed by atoms with Gasteiger partial charge >= 0.3 is 11.8 Å². The Morgan fingerprint density at radius 2 is 2.00 bits per heavy atom. The second kappa shape index (κ2) is 9.05. The average Bonchev–Trinajstić information content (AvgIpc) is 3.56. The summed E-state index contributed by atoms with van der Waals surface area (Å²) < 4.78 is 33.3. The van der Waals surface area contributed by atoms with Gasteiger partial charge in [0.05, 0.1) is 18.4 Å². The Kier molecular flexibility index (Phi) is 5.77. The van der Waals surface area contributed by atoms with Crippen LogP contribution in [0.4, 0.5) is 10.2 Å². The molecule has 5 rings (SSSR count). The van der Waals surface area contributed by atoms with Gasteiger partial charge in [0, 0.05) is 11.1 Å². The fourth-order valence-electron chi connectivity index (χ4n) is 3.63. The number of alkyl halides is 1. The van der Waals surface area contributed by atoms with Crippen LogP contribution in [0.5, 0.6) is 17.5 Å². The molecule has 1 atom stereocenters. The fraction of sp³-hybridized carbons (Fsp3) is 0.261. The predicted octanol–water partition coefficient (Wildman–Crippen LogP) is 3.65. The van der Waals surface area contributed by atoms with E-state index in [2.05, 4.69) is 15.3 Å². The quantitative estimate of drug-likeness (QED) is 0.263. The third-order valence-corrected chi connectivity index (χ3v) is 5.39. The van der Waals surface area contributed by atoms with Crippen LogP contribution in [0.1, 0.15) is 18.2 Å². The van der Waals surface area contributed by atoms with Gasteiger partial charge in [-0.15, -0.1) is 5.10 Å². The number of hydrogen-bond acceptors (Lipinski definition) is 8. The van der Waals surface area contributed by atoms with Crippen molar-refractivity contribution in [2.24, 2.45) is 0 Å². The summed E-state index contributed by atoms with van der Waals surface area (Å²) in [6.07, 6.45) is 3.11. The molecule has 2 aromatic carbocycles. The number of rotatable bonds is 9. The highest BCUT2D eigenvalue weighted by molar-refractivity contribution is 5.38. The van der Waals surface area contributed by atoms with Crippen molar-refractivity contribution in [1.29, 1.82) is 0 Å². The Labute approximate surface area is 198 Å². The van der Waals surface area contributed by atoms with E-state index in [1.54, 1.807) is 39.7 Å². The summed E-state index contributed by atoms with van der Waals surface area (Å²) in [7, 11) is 0. The van der Waals surface area contributed by atoms with E-state index in [1.807, 2.05) is 31.2 Å². The molecular formula is C23H21FN6O5. The van der Waals surface area contributed by atoms with Gasteiger partial charge in [-0.1, -0.05) is 23.4 Å². The first-order chi connectivity index (χ1) is 16.9. The Hall–Kier alpha value is -4.48. The van der Waals surface area contributed by atoms with Gasteiger partial charge in [0.2, 0.25) is 0 Å². The summed E-state index contributed by atoms with van der Waals surface area (Å²) in [4.78, 5) is 14.2. The summed E-state index contributed by atoms with van der Waals surface area (Å²) in [5.41, 5.74) is 1.25. The standard InChI is InChI=1S/C23H21FN6O5/c1-23(14-28-12-21(30(31)32)25-22(28)35-23)15-34-20-4-2-3-18(9-20)29-11-17(26-27-29)13-33-19-7-5-16(10-24)6-8-19/h2-9,11-12H,10,13-15H2,1H3/t23-/m1/s1. The Bertz CT molecular complexity index is 1330. The molecule has 180 valence electrons. The van der Waals surface area contributed by atoms with Crippen LogP contribution in [0.15, 0.2) is 60.9 Å². The van der Waals surface area contributed by atoms with Crippen LogP contribution in [0.3, 0.4) is 0 Å². The molecule has 3 heterocycles. The molecule has 2 aromatic heterocycles. The van der Waals surface area contributed by atoms with E-state index in [9.17, 15) is 14.5 Å². The van der Waals surface area contributed by atoms with E-state index >= 15 is 0 Å². The highest BCUT2D eigenvalue weighted by Gasteiger charge is 2.41. The van der Waals surface area contributed by atoms with Crippen molar-refractivity contribution in [3.05, 3.63) is 82.3 Å². The van der Waals surface area contributed by atoms with Gasteiger partial charge in [-0.05, 0) is 41.7 Å². The summed E-state index contributed by atoms with van der Waals surface area (Å²) in [5, 5.41) is 19.2. The zero-order valence-electron chi connectivity index (χ0n) is 18.7. The maximum absolute atomic E-state index is 12.6. The minimum atomic E-state index is -0.715.